The van der Waals surface area contributed by atoms with Crippen molar-refractivity contribution in [1.29, 1.82) is 5.26 Å². The summed E-state index contributed by atoms with van der Waals surface area (Å²) in [5.74, 6) is 1.54. The van der Waals surface area contributed by atoms with Crippen molar-refractivity contribution in [3.63, 3.8) is 0 Å². The Morgan fingerprint density at radius 3 is 2.61 bits per heavy atom. The van der Waals surface area contributed by atoms with E-state index in [9.17, 15) is 10.1 Å². The molecule has 2 aromatic carbocycles. The first kappa shape index (κ1) is 21.5. The second kappa shape index (κ2) is 8.92. The van der Waals surface area contributed by atoms with Gasteiger partial charge in [0.2, 0.25) is 0 Å². The molecule has 1 aliphatic heterocycles. The number of aromatic nitrogens is 1. The Hall–Kier alpha value is -3.30. The Morgan fingerprint density at radius 1 is 1.15 bits per heavy atom. The highest BCUT2D eigenvalue weighted by Gasteiger charge is 2.28. The fourth-order valence-corrected chi connectivity index (χ4v) is 5.24. The second-order valence-electron chi connectivity index (χ2n) is 9.32. The van der Waals surface area contributed by atoms with Crippen LogP contribution in [0.25, 0.3) is 10.9 Å². The van der Waals surface area contributed by atoms with Crippen molar-refractivity contribution >= 4 is 16.8 Å². The molecule has 6 heteroatoms. The first-order valence-electron chi connectivity index (χ1n) is 11.8. The standard InChI is InChI=1S/C27H30N4O2/c1-18-3-9-24-22(15-18)23-16-20(6-10-25(23)29-24)27(32)31-13-11-30(12-14-31)26(17-28)19-4-7-21(33-2)8-5-19/h4-8,10,16,18,26,29H,3,9,11-15H2,1-2H3/t18-,26+/m0/s1. The van der Waals surface area contributed by atoms with Crippen LogP contribution >= 0.6 is 0 Å². The summed E-state index contributed by atoms with van der Waals surface area (Å²) in [7, 11) is 1.63. The van der Waals surface area contributed by atoms with Crippen molar-refractivity contribution in [2.24, 2.45) is 5.92 Å². The lowest BCUT2D eigenvalue weighted by Gasteiger charge is -2.37. The molecule has 0 bridgehead atoms. The second-order valence-corrected chi connectivity index (χ2v) is 9.32. The molecule has 2 heterocycles. The third-order valence-corrected chi connectivity index (χ3v) is 7.20. The number of hydrogen-bond acceptors (Lipinski definition) is 4. The van der Waals surface area contributed by atoms with Gasteiger partial charge in [-0.1, -0.05) is 19.1 Å². The number of nitrogens with one attached hydrogen (secondary N) is 1. The Balaban J connectivity index is 1.29. The van der Waals surface area contributed by atoms with Gasteiger partial charge < -0.3 is 14.6 Å². The normalized spacial score (nSPS) is 19.7. The molecule has 0 spiro atoms. The number of carbonyl (C=O) groups excluding carboxylic acids is 1. The Labute approximate surface area is 194 Å². The van der Waals surface area contributed by atoms with E-state index in [1.165, 1.54) is 23.1 Å². The van der Waals surface area contributed by atoms with Crippen LogP contribution in [0.4, 0.5) is 0 Å². The smallest absolute Gasteiger partial charge is 0.253 e. The maximum Gasteiger partial charge on any atom is 0.253 e. The molecule has 1 fully saturated rings. The summed E-state index contributed by atoms with van der Waals surface area (Å²) in [5, 5.41) is 11.0. The molecule has 33 heavy (non-hydrogen) atoms. The molecule has 0 saturated carbocycles. The molecule has 2 aliphatic rings. The van der Waals surface area contributed by atoms with E-state index in [-0.39, 0.29) is 11.9 Å². The number of carbonyl (C=O) groups is 1. The molecule has 0 unspecified atom stereocenters. The quantitative estimate of drug-likeness (QED) is 0.653. The van der Waals surface area contributed by atoms with Crippen molar-refractivity contribution < 1.29 is 9.53 Å². The highest BCUT2D eigenvalue weighted by atomic mass is 16.5. The first-order valence-corrected chi connectivity index (χ1v) is 11.8. The SMILES string of the molecule is COc1ccc([C@@H](C#N)N2CCN(C(=O)c3ccc4[nH]c5c(c4c3)C[C@@H](C)CC5)CC2)cc1. The molecule has 1 saturated heterocycles. The number of rotatable bonds is 4. The number of methoxy groups -OCH3 is 1. The van der Waals surface area contributed by atoms with Crippen molar-refractivity contribution in [2.75, 3.05) is 33.3 Å². The zero-order chi connectivity index (χ0) is 22.9. The largest absolute Gasteiger partial charge is 0.497 e. The topological polar surface area (TPSA) is 72.4 Å². The van der Waals surface area contributed by atoms with E-state index in [0.29, 0.717) is 32.1 Å². The van der Waals surface area contributed by atoms with Gasteiger partial charge in [-0.2, -0.15) is 5.26 Å². The molecule has 1 aliphatic carbocycles. The van der Waals surface area contributed by atoms with Crippen molar-refractivity contribution in [3.05, 3.63) is 64.8 Å². The van der Waals surface area contributed by atoms with Crippen molar-refractivity contribution in [1.82, 2.24) is 14.8 Å². The van der Waals surface area contributed by atoms with Gasteiger partial charge in [-0.3, -0.25) is 9.69 Å². The van der Waals surface area contributed by atoms with Crippen LogP contribution in [0.3, 0.4) is 0 Å². The van der Waals surface area contributed by atoms with Gasteiger partial charge in [0, 0.05) is 48.3 Å². The Kier molecular flexibility index (Phi) is 5.82. The third-order valence-electron chi connectivity index (χ3n) is 7.20. The predicted octanol–water partition coefficient (Wildman–Crippen LogP) is 4.32. The summed E-state index contributed by atoms with van der Waals surface area (Å²) in [6.45, 7) is 4.89. The minimum absolute atomic E-state index is 0.0771. The molecule has 1 N–H and O–H groups in total. The molecule has 3 aromatic rings. The summed E-state index contributed by atoms with van der Waals surface area (Å²) in [4.78, 5) is 20.9. The summed E-state index contributed by atoms with van der Waals surface area (Å²) in [6.07, 6.45) is 3.38. The lowest BCUT2D eigenvalue weighted by Crippen LogP contribution is -2.49. The van der Waals surface area contributed by atoms with Crippen LogP contribution in [0.5, 0.6) is 5.75 Å². The minimum atomic E-state index is -0.321. The van der Waals surface area contributed by atoms with Gasteiger partial charge in [0.05, 0.1) is 13.2 Å². The maximum absolute atomic E-state index is 13.3. The third kappa shape index (κ3) is 4.09. The number of nitrogens with zero attached hydrogens (tertiary/aromatic N) is 3. The number of piperazine rings is 1. The van der Waals surface area contributed by atoms with Gasteiger partial charge in [-0.25, -0.2) is 0 Å². The molecule has 6 nitrogen and oxygen atoms in total. The predicted molar refractivity (Wildman–Crippen MR) is 128 cm³/mol. The van der Waals surface area contributed by atoms with Crippen LogP contribution < -0.4 is 4.74 Å². The van der Waals surface area contributed by atoms with Crippen LogP contribution in [-0.2, 0) is 12.8 Å². The first-order chi connectivity index (χ1) is 16.1. The van der Waals surface area contributed by atoms with Gasteiger partial charge in [-0.15, -0.1) is 0 Å². The van der Waals surface area contributed by atoms with Gasteiger partial charge in [0.15, 0.2) is 0 Å². The van der Waals surface area contributed by atoms with E-state index in [2.05, 4.69) is 35.0 Å². The Bertz CT molecular complexity index is 1200. The molecule has 0 radical (unpaired) electrons. The van der Waals surface area contributed by atoms with E-state index in [4.69, 9.17) is 4.74 Å². The molecule has 170 valence electrons. The summed E-state index contributed by atoms with van der Waals surface area (Å²) in [6, 6.07) is 15.8. The number of ether oxygens (including phenoxy) is 1. The van der Waals surface area contributed by atoms with Crippen molar-refractivity contribution in [2.45, 2.75) is 32.2 Å². The van der Waals surface area contributed by atoms with E-state index in [1.54, 1.807) is 7.11 Å². The molecule has 2 atom stereocenters. The number of benzene rings is 2. The lowest BCUT2D eigenvalue weighted by molar-refractivity contribution is 0.0606. The van der Waals surface area contributed by atoms with Crippen LogP contribution in [0.15, 0.2) is 42.5 Å². The number of fused-ring (bicyclic) bond motifs is 3. The number of amides is 1. The van der Waals surface area contributed by atoms with Crippen LogP contribution in [-0.4, -0.2) is 54.0 Å². The molecule has 5 rings (SSSR count). The zero-order valence-electron chi connectivity index (χ0n) is 19.3. The Morgan fingerprint density at radius 2 is 1.91 bits per heavy atom. The summed E-state index contributed by atoms with van der Waals surface area (Å²) < 4.78 is 5.23. The molecular weight excluding hydrogens is 412 g/mol. The summed E-state index contributed by atoms with van der Waals surface area (Å²) in [5.41, 5.74) is 5.56. The molecule has 1 amide bonds. The molecular formula is C27H30N4O2. The summed E-state index contributed by atoms with van der Waals surface area (Å²) >= 11 is 0. The monoisotopic (exact) mass is 442 g/mol. The van der Waals surface area contributed by atoms with E-state index >= 15 is 0 Å². The van der Waals surface area contributed by atoms with E-state index < -0.39 is 0 Å². The number of hydrogen-bond donors (Lipinski definition) is 1. The fraction of sp³-hybridized carbons (Fsp3) is 0.407. The van der Waals surface area contributed by atoms with Crippen LogP contribution in [0.1, 0.15) is 46.6 Å². The fourth-order valence-electron chi connectivity index (χ4n) is 5.24. The highest BCUT2D eigenvalue weighted by molar-refractivity contribution is 5.99. The zero-order valence-corrected chi connectivity index (χ0v) is 19.3. The van der Waals surface area contributed by atoms with E-state index in [0.717, 1.165) is 35.2 Å². The van der Waals surface area contributed by atoms with Crippen molar-refractivity contribution in [3.8, 4) is 11.8 Å². The number of nitriles is 1. The minimum Gasteiger partial charge on any atom is -0.497 e. The van der Waals surface area contributed by atoms with Gasteiger partial charge >= 0.3 is 0 Å². The maximum atomic E-state index is 13.3. The lowest BCUT2D eigenvalue weighted by atomic mass is 9.87. The van der Waals surface area contributed by atoms with Gasteiger partial charge in [-0.05, 0) is 66.6 Å². The van der Waals surface area contributed by atoms with Crippen LogP contribution in [0, 0.1) is 17.2 Å². The molecule has 1 aromatic heterocycles. The average Bonchev–Trinajstić information content (AvgIpc) is 3.22. The average molecular weight is 443 g/mol. The highest BCUT2D eigenvalue weighted by Crippen LogP contribution is 2.32. The number of aromatic amines is 1. The number of H-pyrrole nitrogens is 1. The van der Waals surface area contributed by atoms with Crippen LogP contribution in [0.2, 0.25) is 0 Å². The van der Waals surface area contributed by atoms with E-state index in [1.807, 2.05) is 35.2 Å². The number of aryl methyl sites for hydroxylation is 1. The van der Waals surface area contributed by atoms with Gasteiger partial charge in [0.1, 0.15) is 11.8 Å². The van der Waals surface area contributed by atoms with Gasteiger partial charge in [0.25, 0.3) is 5.91 Å².